The first-order chi connectivity index (χ1) is 5.63. The van der Waals surface area contributed by atoms with Gasteiger partial charge in [-0.3, -0.25) is 0 Å². The monoisotopic (exact) mass is 224 g/mol. The Labute approximate surface area is 82.4 Å². The zero-order chi connectivity index (χ0) is 9.14. The Bertz CT molecular complexity index is 287. The van der Waals surface area contributed by atoms with Gasteiger partial charge in [-0.15, -0.1) is 0 Å². The van der Waals surface area contributed by atoms with Gasteiger partial charge in [0.05, 0.1) is 0 Å². The molecule has 0 bridgehead atoms. The van der Waals surface area contributed by atoms with Crippen molar-refractivity contribution < 1.29 is 0 Å². The fourth-order valence-corrected chi connectivity index (χ4v) is 1.62. The molecule has 1 aromatic rings. The average molecular weight is 225 g/mol. The van der Waals surface area contributed by atoms with E-state index in [2.05, 4.69) is 54.6 Å². The molecule has 0 spiro atoms. The quantitative estimate of drug-likeness (QED) is 0.706. The summed E-state index contributed by atoms with van der Waals surface area (Å²) in [6, 6.07) is 6.39. The first-order valence-electron chi connectivity index (χ1n) is 4.06. The molecule has 1 heteroatoms. The van der Waals surface area contributed by atoms with Gasteiger partial charge in [0.1, 0.15) is 0 Å². The van der Waals surface area contributed by atoms with E-state index in [1.54, 1.807) is 0 Å². The van der Waals surface area contributed by atoms with E-state index in [-0.39, 0.29) is 0 Å². The second-order valence-corrected chi connectivity index (χ2v) is 4.09. The van der Waals surface area contributed by atoms with Crippen LogP contribution in [0, 0.1) is 0 Å². The zero-order valence-electron chi connectivity index (χ0n) is 7.47. The minimum Gasteiger partial charge on any atom is -0.0985 e. The third kappa shape index (κ3) is 2.21. The molecule has 0 N–H and O–H groups in total. The Kier molecular flexibility index (Phi) is 3.10. The van der Waals surface area contributed by atoms with Crippen molar-refractivity contribution in [3.63, 3.8) is 0 Å². The number of benzene rings is 1. The fourth-order valence-electron chi connectivity index (χ4n) is 1.09. The summed E-state index contributed by atoms with van der Waals surface area (Å²) in [4.78, 5) is 0. The van der Waals surface area contributed by atoms with Crippen LogP contribution in [0.15, 0.2) is 29.3 Å². The summed E-state index contributed by atoms with van der Waals surface area (Å²) in [6.45, 7) is 8.13. The second-order valence-electron chi connectivity index (χ2n) is 3.18. The lowest BCUT2D eigenvalue weighted by atomic mass is 10.0. The Morgan fingerprint density at radius 2 is 2.00 bits per heavy atom. The van der Waals surface area contributed by atoms with Crippen LogP contribution in [0.2, 0.25) is 0 Å². The van der Waals surface area contributed by atoms with E-state index in [4.69, 9.17) is 0 Å². The van der Waals surface area contributed by atoms with E-state index in [1.165, 1.54) is 11.1 Å². The number of rotatable bonds is 2. The third-order valence-electron chi connectivity index (χ3n) is 1.84. The van der Waals surface area contributed by atoms with Gasteiger partial charge in [-0.2, -0.15) is 0 Å². The Morgan fingerprint density at radius 3 is 2.50 bits per heavy atom. The van der Waals surface area contributed by atoms with E-state index in [1.807, 2.05) is 6.08 Å². The van der Waals surface area contributed by atoms with Crippen LogP contribution in [0.1, 0.15) is 30.9 Å². The first kappa shape index (κ1) is 9.53. The van der Waals surface area contributed by atoms with Gasteiger partial charge >= 0.3 is 0 Å². The predicted octanol–water partition coefficient (Wildman–Crippen LogP) is 4.22. The maximum absolute atomic E-state index is 3.75. The van der Waals surface area contributed by atoms with Gasteiger partial charge in [0, 0.05) is 4.47 Å². The molecule has 0 saturated heterocycles. The van der Waals surface area contributed by atoms with Crippen molar-refractivity contribution >= 4 is 22.0 Å². The standard InChI is InChI=1S/C11H13Br/c1-4-9-5-10(8(2)3)7-11(12)6-9/h4-8H,1H2,2-3H3. The van der Waals surface area contributed by atoms with Crippen LogP contribution in [0.25, 0.3) is 6.08 Å². The topological polar surface area (TPSA) is 0 Å². The molecule has 0 saturated carbocycles. The van der Waals surface area contributed by atoms with Gasteiger partial charge in [-0.25, -0.2) is 0 Å². The second kappa shape index (κ2) is 3.90. The van der Waals surface area contributed by atoms with E-state index in [0.717, 1.165) is 4.47 Å². The molecule has 0 aliphatic rings. The molecule has 0 radical (unpaired) electrons. The number of hydrogen-bond donors (Lipinski definition) is 0. The summed E-state index contributed by atoms with van der Waals surface area (Å²) < 4.78 is 1.13. The average Bonchev–Trinajstić information content (AvgIpc) is 2.03. The molecule has 64 valence electrons. The van der Waals surface area contributed by atoms with E-state index >= 15 is 0 Å². The molecule has 1 rings (SSSR count). The molecule has 0 atom stereocenters. The van der Waals surface area contributed by atoms with Gasteiger partial charge in [-0.05, 0) is 29.2 Å². The van der Waals surface area contributed by atoms with Gasteiger partial charge in [0.2, 0.25) is 0 Å². The smallest absolute Gasteiger partial charge is 0.0184 e. The molecule has 0 amide bonds. The molecule has 0 unspecified atom stereocenters. The van der Waals surface area contributed by atoms with Crippen molar-refractivity contribution in [2.45, 2.75) is 19.8 Å². The van der Waals surface area contributed by atoms with Crippen molar-refractivity contribution in [2.75, 3.05) is 0 Å². The highest BCUT2D eigenvalue weighted by molar-refractivity contribution is 9.10. The zero-order valence-corrected chi connectivity index (χ0v) is 9.06. The highest BCUT2D eigenvalue weighted by Gasteiger charge is 2.00. The lowest BCUT2D eigenvalue weighted by molar-refractivity contribution is 0.865. The van der Waals surface area contributed by atoms with E-state index in [9.17, 15) is 0 Å². The largest absolute Gasteiger partial charge is 0.0985 e. The van der Waals surface area contributed by atoms with Gasteiger partial charge in [-0.1, -0.05) is 48.5 Å². The molecule has 0 fully saturated rings. The van der Waals surface area contributed by atoms with Crippen LogP contribution >= 0.6 is 15.9 Å². The molecular weight excluding hydrogens is 212 g/mol. The molecule has 0 heterocycles. The van der Waals surface area contributed by atoms with Crippen LogP contribution in [-0.4, -0.2) is 0 Å². The third-order valence-corrected chi connectivity index (χ3v) is 2.30. The van der Waals surface area contributed by atoms with Crippen molar-refractivity contribution in [3.8, 4) is 0 Å². The van der Waals surface area contributed by atoms with Crippen molar-refractivity contribution in [3.05, 3.63) is 40.4 Å². The minimum atomic E-state index is 0.571. The van der Waals surface area contributed by atoms with E-state index in [0.29, 0.717) is 5.92 Å². The highest BCUT2D eigenvalue weighted by atomic mass is 79.9. The molecule has 1 aromatic carbocycles. The molecule has 0 aromatic heterocycles. The molecule has 0 nitrogen and oxygen atoms in total. The lowest BCUT2D eigenvalue weighted by Crippen LogP contribution is -1.87. The van der Waals surface area contributed by atoms with Crippen molar-refractivity contribution in [1.82, 2.24) is 0 Å². The maximum Gasteiger partial charge on any atom is 0.0184 e. The fraction of sp³-hybridized carbons (Fsp3) is 0.273. The number of halogens is 1. The molecule has 12 heavy (non-hydrogen) atoms. The van der Waals surface area contributed by atoms with Crippen molar-refractivity contribution in [2.24, 2.45) is 0 Å². The molecular formula is C11H13Br. The van der Waals surface area contributed by atoms with Crippen molar-refractivity contribution in [1.29, 1.82) is 0 Å². The van der Waals surface area contributed by atoms with Crippen LogP contribution in [0.3, 0.4) is 0 Å². The highest BCUT2D eigenvalue weighted by Crippen LogP contribution is 2.22. The van der Waals surface area contributed by atoms with Crippen LogP contribution in [0.5, 0.6) is 0 Å². The first-order valence-corrected chi connectivity index (χ1v) is 4.85. The number of hydrogen-bond acceptors (Lipinski definition) is 0. The van der Waals surface area contributed by atoms with Crippen LogP contribution in [-0.2, 0) is 0 Å². The summed E-state index contributed by atoms with van der Waals surface area (Å²) in [5, 5.41) is 0. The molecule has 0 aliphatic carbocycles. The normalized spacial score (nSPS) is 10.3. The lowest BCUT2D eigenvalue weighted by Gasteiger charge is -2.06. The predicted molar refractivity (Wildman–Crippen MR) is 58.3 cm³/mol. The Balaban J connectivity index is 3.14. The Hall–Kier alpha value is -0.560. The summed E-state index contributed by atoms with van der Waals surface area (Å²) in [5.41, 5.74) is 2.52. The SMILES string of the molecule is C=Cc1cc(Br)cc(C(C)C)c1. The maximum atomic E-state index is 3.75. The summed E-state index contributed by atoms with van der Waals surface area (Å²) in [5.74, 6) is 0.571. The van der Waals surface area contributed by atoms with E-state index < -0.39 is 0 Å². The Morgan fingerprint density at radius 1 is 1.33 bits per heavy atom. The summed E-state index contributed by atoms with van der Waals surface area (Å²) in [6.07, 6.45) is 1.87. The van der Waals surface area contributed by atoms with Gasteiger partial charge in [0.25, 0.3) is 0 Å². The van der Waals surface area contributed by atoms with Gasteiger partial charge < -0.3 is 0 Å². The van der Waals surface area contributed by atoms with Crippen LogP contribution in [0.4, 0.5) is 0 Å². The summed E-state index contributed by atoms with van der Waals surface area (Å²) >= 11 is 3.47. The summed E-state index contributed by atoms with van der Waals surface area (Å²) in [7, 11) is 0. The van der Waals surface area contributed by atoms with Gasteiger partial charge in [0.15, 0.2) is 0 Å². The molecule has 0 aliphatic heterocycles. The minimum absolute atomic E-state index is 0.571. The van der Waals surface area contributed by atoms with Crippen LogP contribution < -0.4 is 0 Å².